The van der Waals surface area contributed by atoms with Gasteiger partial charge >= 0.3 is 0 Å². The zero-order valence-corrected chi connectivity index (χ0v) is 8.05. The van der Waals surface area contributed by atoms with Crippen molar-refractivity contribution < 1.29 is 9.50 Å². The van der Waals surface area contributed by atoms with Gasteiger partial charge in [0.1, 0.15) is 5.82 Å². The Morgan fingerprint density at radius 2 is 2.15 bits per heavy atom. The lowest BCUT2D eigenvalue weighted by Crippen LogP contribution is -1.97. The van der Waals surface area contributed by atoms with Crippen LogP contribution in [0.3, 0.4) is 0 Å². The molecule has 0 aliphatic carbocycles. The van der Waals surface area contributed by atoms with Crippen molar-refractivity contribution in [2.24, 2.45) is 0 Å². The van der Waals surface area contributed by atoms with Crippen molar-refractivity contribution in [3.63, 3.8) is 0 Å². The Bertz CT molecular complexity index is 283. The van der Waals surface area contributed by atoms with Crippen LogP contribution in [0.15, 0.2) is 18.2 Å². The molecule has 0 saturated heterocycles. The standard InChI is InChI=1S/C11H15FO/c1-3-4-11(13)9-5-6-10(12)8(2)7-9/h5-7,11,13H,3-4H2,1-2H3. The number of halogens is 1. The summed E-state index contributed by atoms with van der Waals surface area (Å²) in [5.41, 5.74) is 1.40. The zero-order valence-electron chi connectivity index (χ0n) is 8.05. The smallest absolute Gasteiger partial charge is 0.126 e. The Kier molecular flexibility index (Phi) is 3.43. The first-order valence-electron chi connectivity index (χ1n) is 4.59. The van der Waals surface area contributed by atoms with Crippen molar-refractivity contribution in [3.05, 3.63) is 35.1 Å². The highest BCUT2D eigenvalue weighted by Gasteiger charge is 2.07. The average molecular weight is 182 g/mol. The molecule has 0 fully saturated rings. The van der Waals surface area contributed by atoms with Gasteiger partial charge in [-0.3, -0.25) is 0 Å². The third kappa shape index (κ3) is 2.52. The highest BCUT2D eigenvalue weighted by molar-refractivity contribution is 5.25. The lowest BCUT2D eigenvalue weighted by Gasteiger charge is -2.10. The quantitative estimate of drug-likeness (QED) is 0.762. The maximum absolute atomic E-state index is 12.9. The first-order chi connectivity index (χ1) is 6.15. The Balaban J connectivity index is 2.84. The number of aryl methyl sites for hydroxylation is 1. The van der Waals surface area contributed by atoms with Crippen molar-refractivity contribution in [1.29, 1.82) is 0 Å². The third-order valence-electron chi connectivity index (χ3n) is 2.13. The predicted molar refractivity (Wildman–Crippen MR) is 51.0 cm³/mol. The van der Waals surface area contributed by atoms with Crippen LogP contribution in [-0.2, 0) is 0 Å². The predicted octanol–water partition coefficient (Wildman–Crippen LogP) is 2.97. The molecule has 0 bridgehead atoms. The van der Waals surface area contributed by atoms with Crippen molar-refractivity contribution in [1.82, 2.24) is 0 Å². The van der Waals surface area contributed by atoms with Crippen molar-refractivity contribution >= 4 is 0 Å². The molecule has 1 N–H and O–H groups in total. The van der Waals surface area contributed by atoms with Gasteiger partial charge in [0.15, 0.2) is 0 Å². The second-order valence-electron chi connectivity index (χ2n) is 3.31. The molecule has 1 aromatic rings. The minimum Gasteiger partial charge on any atom is -0.388 e. The van der Waals surface area contributed by atoms with Gasteiger partial charge in [-0.1, -0.05) is 25.5 Å². The summed E-state index contributed by atoms with van der Waals surface area (Å²) in [6.45, 7) is 3.72. The summed E-state index contributed by atoms with van der Waals surface area (Å²) in [7, 11) is 0. The molecule has 0 spiro atoms. The third-order valence-corrected chi connectivity index (χ3v) is 2.13. The molecule has 1 nitrogen and oxygen atoms in total. The lowest BCUT2D eigenvalue weighted by atomic mass is 10.0. The van der Waals surface area contributed by atoms with Crippen LogP contribution in [0.4, 0.5) is 4.39 Å². The van der Waals surface area contributed by atoms with Crippen LogP contribution in [0, 0.1) is 12.7 Å². The second-order valence-corrected chi connectivity index (χ2v) is 3.31. The summed E-state index contributed by atoms with van der Waals surface area (Å²) in [6.07, 6.45) is 1.20. The summed E-state index contributed by atoms with van der Waals surface area (Å²) >= 11 is 0. The SMILES string of the molecule is CCCC(O)c1ccc(F)c(C)c1. The fourth-order valence-corrected chi connectivity index (χ4v) is 1.32. The number of benzene rings is 1. The molecule has 1 atom stereocenters. The van der Waals surface area contributed by atoms with E-state index in [1.54, 1.807) is 19.1 Å². The first kappa shape index (κ1) is 10.2. The van der Waals surface area contributed by atoms with E-state index in [-0.39, 0.29) is 5.82 Å². The molecule has 1 rings (SSSR count). The van der Waals surface area contributed by atoms with Crippen molar-refractivity contribution in [2.45, 2.75) is 32.8 Å². The zero-order chi connectivity index (χ0) is 9.84. The topological polar surface area (TPSA) is 20.2 Å². The Morgan fingerprint density at radius 1 is 1.46 bits per heavy atom. The van der Waals surface area contributed by atoms with E-state index in [1.165, 1.54) is 6.07 Å². The maximum Gasteiger partial charge on any atom is 0.126 e. The number of hydrogen-bond acceptors (Lipinski definition) is 1. The van der Waals surface area contributed by atoms with Crippen LogP contribution in [0.5, 0.6) is 0 Å². The van der Waals surface area contributed by atoms with Crippen LogP contribution >= 0.6 is 0 Å². The lowest BCUT2D eigenvalue weighted by molar-refractivity contribution is 0.166. The molecule has 0 aliphatic rings. The molecular weight excluding hydrogens is 167 g/mol. The molecule has 0 aliphatic heterocycles. The van der Waals surface area contributed by atoms with Crippen molar-refractivity contribution in [2.75, 3.05) is 0 Å². The summed E-state index contributed by atoms with van der Waals surface area (Å²) < 4.78 is 12.9. The Morgan fingerprint density at radius 3 is 2.69 bits per heavy atom. The van der Waals surface area contributed by atoms with E-state index in [9.17, 15) is 9.50 Å². The second kappa shape index (κ2) is 4.38. The largest absolute Gasteiger partial charge is 0.388 e. The molecular formula is C11H15FO. The van der Waals surface area contributed by atoms with Crippen LogP contribution in [0.2, 0.25) is 0 Å². The minimum absolute atomic E-state index is 0.215. The summed E-state index contributed by atoms with van der Waals surface area (Å²) in [5, 5.41) is 9.61. The molecule has 1 unspecified atom stereocenters. The summed E-state index contributed by atoms with van der Waals surface area (Å²) in [6, 6.07) is 4.75. The van der Waals surface area contributed by atoms with Crippen LogP contribution in [0.25, 0.3) is 0 Å². The van der Waals surface area contributed by atoms with Gasteiger partial charge in [0.25, 0.3) is 0 Å². The van der Waals surface area contributed by atoms with Gasteiger partial charge in [0.2, 0.25) is 0 Å². The molecule has 0 aromatic heterocycles. The molecule has 72 valence electrons. The fraction of sp³-hybridized carbons (Fsp3) is 0.455. The monoisotopic (exact) mass is 182 g/mol. The Hall–Kier alpha value is -0.890. The van der Waals surface area contributed by atoms with Crippen LogP contribution in [0.1, 0.15) is 37.0 Å². The van der Waals surface area contributed by atoms with Gasteiger partial charge in [0, 0.05) is 0 Å². The molecule has 0 radical (unpaired) electrons. The van der Waals surface area contributed by atoms with E-state index in [1.807, 2.05) is 6.92 Å². The van der Waals surface area contributed by atoms with Gasteiger partial charge in [-0.15, -0.1) is 0 Å². The summed E-state index contributed by atoms with van der Waals surface area (Å²) in [5.74, 6) is -0.215. The average Bonchev–Trinajstić information content (AvgIpc) is 2.10. The van der Waals surface area contributed by atoms with E-state index in [0.29, 0.717) is 5.56 Å². The van der Waals surface area contributed by atoms with E-state index in [0.717, 1.165) is 18.4 Å². The number of aliphatic hydroxyl groups excluding tert-OH is 1. The molecule has 0 amide bonds. The highest BCUT2D eigenvalue weighted by atomic mass is 19.1. The highest BCUT2D eigenvalue weighted by Crippen LogP contribution is 2.20. The van der Waals surface area contributed by atoms with E-state index in [4.69, 9.17) is 0 Å². The molecule has 1 aromatic carbocycles. The van der Waals surface area contributed by atoms with Crippen molar-refractivity contribution in [3.8, 4) is 0 Å². The van der Waals surface area contributed by atoms with Gasteiger partial charge in [-0.05, 0) is 30.5 Å². The molecule has 2 heteroatoms. The first-order valence-corrected chi connectivity index (χ1v) is 4.59. The van der Waals surface area contributed by atoms with Gasteiger partial charge < -0.3 is 5.11 Å². The van der Waals surface area contributed by atoms with E-state index >= 15 is 0 Å². The number of rotatable bonds is 3. The Labute approximate surface area is 78.2 Å². The normalized spacial score (nSPS) is 12.9. The molecule has 0 heterocycles. The summed E-state index contributed by atoms with van der Waals surface area (Å²) in [4.78, 5) is 0. The number of aliphatic hydroxyl groups is 1. The van der Waals surface area contributed by atoms with E-state index < -0.39 is 6.10 Å². The number of hydrogen-bond donors (Lipinski definition) is 1. The van der Waals surface area contributed by atoms with Gasteiger partial charge in [-0.2, -0.15) is 0 Å². The van der Waals surface area contributed by atoms with Crippen LogP contribution < -0.4 is 0 Å². The van der Waals surface area contributed by atoms with Crippen LogP contribution in [-0.4, -0.2) is 5.11 Å². The van der Waals surface area contributed by atoms with Gasteiger partial charge in [0.05, 0.1) is 6.10 Å². The fourth-order valence-electron chi connectivity index (χ4n) is 1.32. The maximum atomic E-state index is 12.9. The molecule has 0 saturated carbocycles. The van der Waals surface area contributed by atoms with Gasteiger partial charge in [-0.25, -0.2) is 4.39 Å². The van der Waals surface area contributed by atoms with E-state index in [2.05, 4.69) is 0 Å². The minimum atomic E-state index is -0.454. The molecule has 13 heavy (non-hydrogen) atoms.